The van der Waals surface area contributed by atoms with E-state index in [-0.39, 0.29) is 24.0 Å². The molecule has 0 aliphatic rings. The van der Waals surface area contributed by atoms with Gasteiger partial charge in [-0.15, -0.1) is 24.0 Å². The summed E-state index contributed by atoms with van der Waals surface area (Å²) in [5.74, 6) is 0.783. The molecule has 0 radical (unpaired) electrons. The third-order valence-corrected chi connectivity index (χ3v) is 3.11. The zero-order chi connectivity index (χ0) is 17.6. The second-order valence-electron chi connectivity index (χ2n) is 4.99. The van der Waals surface area contributed by atoms with Gasteiger partial charge in [0, 0.05) is 32.0 Å². The second-order valence-corrected chi connectivity index (χ2v) is 4.99. The first-order valence-electron chi connectivity index (χ1n) is 8.23. The minimum atomic E-state index is -0.480. The SMILES string of the molecule is CCNC(=NCc1ccc(NC(=O)OC)cc1)NCCCOCC.I. The minimum Gasteiger partial charge on any atom is -0.453 e. The maximum atomic E-state index is 11.1. The van der Waals surface area contributed by atoms with Crippen molar-refractivity contribution >= 4 is 41.7 Å². The van der Waals surface area contributed by atoms with Crippen molar-refractivity contribution in [3.05, 3.63) is 29.8 Å². The molecule has 1 aromatic rings. The van der Waals surface area contributed by atoms with E-state index in [1.807, 2.05) is 38.1 Å². The van der Waals surface area contributed by atoms with Gasteiger partial charge in [-0.3, -0.25) is 5.32 Å². The van der Waals surface area contributed by atoms with Crippen molar-refractivity contribution < 1.29 is 14.3 Å². The monoisotopic (exact) mass is 464 g/mol. The Hall–Kier alpha value is -1.55. The van der Waals surface area contributed by atoms with Crippen LogP contribution >= 0.6 is 24.0 Å². The molecule has 0 saturated carbocycles. The number of methoxy groups -OCH3 is 1. The fourth-order valence-electron chi connectivity index (χ4n) is 1.90. The summed E-state index contributed by atoms with van der Waals surface area (Å²) in [6.07, 6.45) is 0.457. The van der Waals surface area contributed by atoms with Gasteiger partial charge in [0.1, 0.15) is 0 Å². The summed E-state index contributed by atoms with van der Waals surface area (Å²) in [6.45, 7) is 7.69. The Bertz CT molecular complexity index is 509. The number of halogens is 1. The fraction of sp³-hybridized carbons (Fsp3) is 0.529. The lowest BCUT2D eigenvalue weighted by Crippen LogP contribution is -2.38. The van der Waals surface area contributed by atoms with Gasteiger partial charge in [-0.1, -0.05) is 12.1 Å². The van der Waals surface area contributed by atoms with Crippen LogP contribution in [0.4, 0.5) is 10.5 Å². The average molecular weight is 464 g/mol. The smallest absolute Gasteiger partial charge is 0.411 e. The van der Waals surface area contributed by atoms with Crippen LogP contribution in [0, 0.1) is 0 Å². The molecule has 0 spiro atoms. The Labute approximate surface area is 167 Å². The summed E-state index contributed by atoms with van der Waals surface area (Å²) in [4.78, 5) is 15.7. The summed E-state index contributed by atoms with van der Waals surface area (Å²) in [5.41, 5.74) is 1.74. The van der Waals surface area contributed by atoms with Gasteiger partial charge in [0.2, 0.25) is 0 Å². The van der Waals surface area contributed by atoms with E-state index in [0.717, 1.165) is 44.2 Å². The van der Waals surface area contributed by atoms with Gasteiger partial charge in [0.15, 0.2) is 5.96 Å². The van der Waals surface area contributed by atoms with Crippen LogP contribution in [0.1, 0.15) is 25.8 Å². The van der Waals surface area contributed by atoms with Crippen LogP contribution < -0.4 is 16.0 Å². The molecule has 0 aromatic heterocycles. The van der Waals surface area contributed by atoms with Crippen molar-refractivity contribution in [1.82, 2.24) is 10.6 Å². The minimum absolute atomic E-state index is 0. The van der Waals surface area contributed by atoms with Crippen molar-refractivity contribution in [1.29, 1.82) is 0 Å². The van der Waals surface area contributed by atoms with Crippen molar-refractivity contribution in [2.75, 3.05) is 38.7 Å². The number of nitrogens with zero attached hydrogens (tertiary/aromatic N) is 1. The number of anilines is 1. The highest BCUT2D eigenvalue weighted by molar-refractivity contribution is 14.0. The second kappa shape index (κ2) is 14.8. The summed E-state index contributed by atoms with van der Waals surface area (Å²) in [5, 5.41) is 9.11. The molecule has 7 nitrogen and oxygen atoms in total. The van der Waals surface area contributed by atoms with Crippen LogP contribution in [0.5, 0.6) is 0 Å². The third kappa shape index (κ3) is 10.8. The van der Waals surface area contributed by atoms with Crippen LogP contribution in [0.3, 0.4) is 0 Å². The molecule has 1 amide bonds. The Balaban J connectivity index is 0.00000576. The molecule has 0 aliphatic carbocycles. The van der Waals surface area contributed by atoms with Crippen molar-refractivity contribution in [2.24, 2.45) is 4.99 Å². The lowest BCUT2D eigenvalue weighted by atomic mass is 10.2. The number of aliphatic imine (C=N–C) groups is 1. The largest absolute Gasteiger partial charge is 0.453 e. The van der Waals surface area contributed by atoms with Gasteiger partial charge in [-0.2, -0.15) is 0 Å². The van der Waals surface area contributed by atoms with Crippen LogP contribution in [-0.4, -0.2) is 45.5 Å². The van der Waals surface area contributed by atoms with Crippen molar-refractivity contribution in [3.8, 4) is 0 Å². The first-order chi connectivity index (χ1) is 11.7. The van der Waals surface area contributed by atoms with Crippen LogP contribution in [0.2, 0.25) is 0 Å². The maximum Gasteiger partial charge on any atom is 0.411 e. The van der Waals surface area contributed by atoms with E-state index in [9.17, 15) is 4.79 Å². The third-order valence-electron chi connectivity index (χ3n) is 3.11. The normalized spacial score (nSPS) is 10.6. The standard InChI is InChI=1S/C17H28N4O3.HI/c1-4-18-16(19-11-6-12-24-5-2)20-13-14-7-9-15(10-8-14)21-17(22)23-3;/h7-10H,4-6,11-13H2,1-3H3,(H,21,22)(H2,18,19,20);1H. The molecule has 0 atom stereocenters. The molecule has 0 saturated heterocycles. The zero-order valence-electron chi connectivity index (χ0n) is 15.1. The predicted octanol–water partition coefficient (Wildman–Crippen LogP) is 2.96. The van der Waals surface area contributed by atoms with Crippen LogP contribution in [-0.2, 0) is 16.0 Å². The molecule has 1 rings (SSSR count). The number of hydrogen-bond donors (Lipinski definition) is 3. The summed E-state index contributed by atoms with van der Waals surface area (Å²) >= 11 is 0. The molecule has 0 fully saturated rings. The molecule has 8 heteroatoms. The van der Waals surface area contributed by atoms with E-state index < -0.39 is 6.09 Å². The Kier molecular flexibility index (Phi) is 13.8. The Morgan fingerprint density at radius 3 is 2.48 bits per heavy atom. The predicted molar refractivity (Wildman–Crippen MR) is 112 cm³/mol. The van der Waals surface area contributed by atoms with E-state index in [0.29, 0.717) is 12.2 Å². The molecule has 25 heavy (non-hydrogen) atoms. The number of carbonyl (C=O) groups is 1. The number of nitrogens with one attached hydrogen (secondary N) is 3. The van der Waals surface area contributed by atoms with E-state index >= 15 is 0 Å². The van der Waals surface area contributed by atoms with Gasteiger partial charge >= 0.3 is 6.09 Å². The highest BCUT2D eigenvalue weighted by atomic mass is 127. The van der Waals surface area contributed by atoms with E-state index in [1.54, 1.807) is 0 Å². The summed E-state index contributed by atoms with van der Waals surface area (Å²) in [7, 11) is 1.34. The molecule has 0 aliphatic heterocycles. The number of guanidine groups is 1. The topological polar surface area (TPSA) is 84.0 Å². The van der Waals surface area contributed by atoms with Crippen molar-refractivity contribution in [3.63, 3.8) is 0 Å². The number of ether oxygens (including phenoxy) is 2. The summed E-state index contributed by atoms with van der Waals surface area (Å²) < 4.78 is 9.87. The molecular weight excluding hydrogens is 435 g/mol. The maximum absolute atomic E-state index is 11.1. The molecule has 0 heterocycles. The molecular formula is C17H29IN4O3. The molecule has 0 bridgehead atoms. The Morgan fingerprint density at radius 1 is 1.16 bits per heavy atom. The van der Waals surface area contributed by atoms with Gasteiger partial charge < -0.3 is 20.1 Å². The summed E-state index contributed by atoms with van der Waals surface area (Å²) in [6, 6.07) is 7.50. The van der Waals surface area contributed by atoms with Gasteiger partial charge in [-0.05, 0) is 38.0 Å². The number of amides is 1. The first kappa shape index (κ1) is 23.4. The lowest BCUT2D eigenvalue weighted by molar-refractivity contribution is 0.145. The van der Waals surface area contributed by atoms with E-state index in [1.165, 1.54) is 7.11 Å². The van der Waals surface area contributed by atoms with Gasteiger partial charge in [0.25, 0.3) is 0 Å². The zero-order valence-corrected chi connectivity index (χ0v) is 17.5. The number of hydrogen-bond acceptors (Lipinski definition) is 4. The molecule has 0 unspecified atom stereocenters. The first-order valence-corrected chi connectivity index (χ1v) is 8.23. The highest BCUT2D eigenvalue weighted by Gasteiger charge is 2.01. The number of benzene rings is 1. The van der Waals surface area contributed by atoms with Gasteiger partial charge in [0.05, 0.1) is 13.7 Å². The Morgan fingerprint density at radius 2 is 1.88 bits per heavy atom. The van der Waals surface area contributed by atoms with E-state index in [4.69, 9.17) is 4.74 Å². The quantitative estimate of drug-likeness (QED) is 0.227. The number of carbonyl (C=O) groups excluding carboxylic acids is 1. The molecule has 1 aromatic carbocycles. The van der Waals surface area contributed by atoms with Crippen LogP contribution in [0.25, 0.3) is 0 Å². The van der Waals surface area contributed by atoms with Crippen LogP contribution in [0.15, 0.2) is 29.3 Å². The van der Waals surface area contributed by atoms with Crippen molar-refractivity contribution in [2.45, 2.75) is 26.8 Å². The fourth-order valence-corrected chi connectivity index (χ4v) is 1.90. The highest BCUT2D eigenvalue weighted by Crippen LogP contribution is 2.10. The average Bonchev–Trinajstić information content (AvgIpc) is 2.60. The lowest BCUT2D eigenvalue weighted by Gasteiger charge is -2.11. The molecule has 142 valence electrons. The van der Waals surface area contributed by atoms with Gasteiger partial charge in [-0.25, -0.2) is 9.79 Å². The number of rotatable bonds is 9. The molecule has 3 N–H and O–H groups in total. The van der Waals surface area contributed by atoms with E-state index in [2.05, 4.69) is 25.7 Å².